The Kier molecular flexibility index (Phi) is 6.32. The van der Waals surface area contributed by atoms with Crippen molar-refractivity contribution in [1.29, 1.82) is 0 Å². The number of anilines is 1. The summed E-state index contributed by atoms with van der Waals surface area (Å²) in [4.78, 5) is 12.1. The van der Waals surface area contributed by atoms with E-state index in [9.17, 15) is 30.8 Å². The molecule has 30 heavy (non-hydrogen) atoms. The van der Waals surface area contributed by atoms with E-state index in [1.165, 1.54) is 13.2 Å². The van der Waals surface area contributed by atoms with Crippen LogP contribution in [0.2, 0.25) is 0 Å². The van der Waals surface area contributed by atoms with Crippen LogP contribution in [-0.4, -0.2) is 38.8 Å². The summed E-state index contributed by atoms with van der Waals surface area (Å²) >= 11 is 0. The van der Waals surface area contributed by atoms with Crippen molar-refractivity contribution >= 4 is 21.6 Å². The van der Waals surface area contributed by atoms with Gasteiger partial charge in [-0.05, 0) is 43.2 Å². The van der Waals surface area contributed by atoms with Crippen LogP contribution in [0.5, 0.6) is 5.75 Å². The molecule has 1 saturated heterocycles. The molecule has 1 atom stereocenters. The summed E-state index contributed by atoms with van der Waals surface area (Å²) in [7, 11) is -2.94. The summed E-state index contributed by atoms with van der Waals surface area (Å²) in [5.41, 5.74) is -0.550. The van der Waals surface area contributed by atoms with Gasteiger partial charge in [-0.3, -0.25) is 4.79 Å². The molecule has 0 unspecified atom stereocenters. The number of amides is 1. The summed E-state index contributed by atoms with van der Waals surface area (Å²) in [6.07, 6.45) is 0.610. The second kappa shape index (κ2) is 8.60. The monoisotopic (exact) mass is 446 g/mol. The van der Waals surface area contributed by atoms with Gasteiger partial charge in [0.05, 0.1) is 18.7 Å². The van der Waals surface area contributed by atoms with Gasteiger partial charge in [0.1, 0.15) is 16.5 Å². The lowest BCUT2D eigenvalue weighted by molar-refractivity contribution is -0.120. The van der Waals surface area contributed by atoms with Crippen molar-refractivity contribution in [2.45, 2.75) is 17.7 Å². The maximum atomic E-state index is 13.8. The van der Waals surface area contributed by atoms with Crippen LogP contribution in [0.15, 0.2) is 35.2 Å². The lowest BCUT2D eigenvalue weighted by atomic mass is 9.98. The van der Waals surface area contributed by atoms with Crippen molar-refractivity contribution in [3.8, 4) is 5.75 Å². The number of hydrogen-bond donors (Lipinski definition) is 1. The molecule has 0 aliphatic carbocycles. The van der Waals surface area contributed by atoms with Crippen LogP contribution >= 0.6 is 0 Å². The molecule has 0 spiro atoms. The van der Waals surface area contributed by atoms with Gasteiger partial charge >= 0.3 is 0 Å². The molecule has 0 saturated carbocycles. The van der Waals surface area contributed by atoms with Crippen LogP contribution in [0.4, 0.5) is 23.2 Å². The maximum absolute atomic E-state index is 13.8. The molecule has 0 bridgehead atoms. The molecule has 0 aromatic heterocycles. The first kappa shape index (κ1) is 22.0. The Balaban J connectivity index is 1.81. The number of hydrogen-bond acceptors (Lipinski definition) is 4. The topological polar surface area (TPSA) is 75.7 Å². The molecule has 2 aromatic carbocycles. The van der Waals surface area contributed by atoms with Gasteiger partial charge in [-0.2, -0.15) is 4.31 Å². The summed E-state index contributed by atoms with van der Waals surface area (Å²) in [5, 5.41) is 2.16. The zero-order chi connectivity index (χ0) is 22.1. The highest BCUT2D eigenvalue weighted by molar-refractivity contribution is 7.89. The Bertz CT molecular complexity index is 1080. The molecule has 6 nitrogen and oxygen atoms in total. The minimum atomic E-state index is -4.18. The number of nitrogens with zero attached hydrogens (tertiary/aromatic N) is 1. The predicted molar refractivity (Wildman–Crippen MR) is 99.4 cm³/mol. The van der Waals surface area contributed by atoms with Crippen molar-refractivity contribution in [3.05, 3.63) is 53.6 Å². The summed E-state index contributed by atoms with van der Waals surface area (Å²) in [5.74, 6) is -7.11. The highest BCUT2D eigenvalue weighted by Crippen LogP contribution is 2.31. The lowest BCUT2D eigenvalue weighted by Gasteiger charge is -2.31. The van der Waals surface area contributed by atoms with Gasteiger partial charge in [-0.25, -0.2) is 26.0 Å². The van der Waals surface area contributed by atoms with Crippen LogP contribution in [-0.2, 0) is 14.8 Å². The van der Waals surface area contributed by atoms with Gasteiger partial charge in [-0.1, -0.05) is 0 Å². The van der Waals surface area contributed by atoms with Crippen LogP contribution < -0.4 is 10.1 Å². The Morgan fingerprint density at radius 1 is 1.13 bits per heavy atom. The predicted octanol–water partition coefficient (Wildman–Crippen LogP) is 3.29. The Morgan fingerprint density at radius 2 is 1.87 bits per heavy atom. The molecule has 1 amide bonds. The third-order valence-electron chi connectivity index (χ3n) is 4.79. The number of sulfonamides is 1. The highest BCUT2D eigenvalue weighted by Gasteiger charge is 2.35. The summed E-state index contributed by atoms with van der Waals surface area (Å²) in [6, 6.07) is 4.61. The Morgan fingerprint density at radius 3 is 2.57 bits per heavy atom. The van der Waals surface area contributed by atoms with E-state index in [2.05, 4.69) is 5.32 Å². The fourth-order valence-electron chi connectivity index (χ4n) is 3.22. The largest absolute Gasteiger partial charge is 0.495 e. The molecular formula is C19H18F4N2O4S. The van der Waals surface area contributed by atoms with E-state index in [1.54, 1.807) is 0 Å². The minimum Gasteiger partial charge on any atom is -0.495 e. The molecule has 0 radical (unpaired) electrons. The molecular weight excluding hydrogens is 428 g/mol. The van der Waals surface area contributed by atoms with E-state index in [4.69, 9.17) is 4.74 Å². The first-order chi connectivity index (χ1) is 14.1. The first-order valence-electron chi connectivity index (χ1n) is 8.93. The summed E-state index contributed by atoms with van der Waals surface area (Å²) in [6.45, 7) is -0.162. The zero-order valence-electron chi connectivity index (χ0n) is 15.8. The minimum absolute atomic E-state index is 0.0492. The van der Waals surface area contributed by atoms with Crippen LogP contribution in [0.1, 0.15) is 12.8 Å². The molecule has 1 aliphatic rings. The lowest BCUT2D eigenvalue weighted by Crippen LogP contribution is -2.43. The van der Waals surface area contributed by atoms with Gasteiger partial charge in [0, 0.05) is 13.1 Å². The van der Waals surface area contributed by atoms with Crippen molar-refractivity contribution in [2.75, 3.05) is 25.5 Å². The average Bonchev–Trinajstić information content (AvgIpc) is 2.74. The fraction of sp³-hybridized carbons (Fsp3) is 0.316. The zero-order valence-corrected chi connectivity index (χ0v) is 16.6. The standard InChI is InChI=1S/C19H18F4N2O4S/c1-29-15-7-4-12(20)9-16(15)30(27,28)25-8-2-3-11(10-25)19(26)24-14-6-5-13(21)17(22)18(14)23/h4-7,9,11H,2-3,8,10H2,1H3,(H,24,26)/t11-/m1/s1. The van der Waals surface area contributed by atoms with E-state index >= 15 is 0 Å². The number of carbonyl (C=O) groups excluding carboxylic acids is 1. The molecule has 11 heteroatoms. The first-order valence-corrected chi connectivity index (χ1v) is 10.4. The molecule has 1 aliphatic heterocycles. The van der Waals surface area contributed by atoms with Crippen molar-refractivity contribution in [2.24, 2.45) is 5.92 Å². The maximum Gasteiger partial charge on any atom is 0.246 e. The van der Waals surface area contributed by atoms with Gasteiger partial charge in [0.25, 0.3) is 0 Å². The van der Waals surface area contributed by atoms with E-state index in [1.807, 2.05) is 0 Å². The number of carbonyl (C=O) groups is 1. The fourth-order valence-corrected chi connectivity index (χ4v) is 4.91. The van der Waals surface area contributed by atoms with E-state index < -0.39 is 50.8 Å². The van der Waals surface area contributed by atoms with Crippen molar-refractivity contribution < 1.29 is 35.5 Å². The average molecular weight is 446 g/mol. The second-order valence-electron chi connectivity index (χ2n) is 6.71. The number of piperidine rings is 1. The van der Waals surface area contributed by atoms with Gasteiger partial charge in [0.15, 0.2) is 17.5 Å². The molecule has 1 fully saturated rings. The smallest absolute Gasteiger partial charge is 0.246 e. The number of ether oxygens (including phenoxy) is 1. The number of methoxy groups -OCH3 is 1. The second-order valence-corrected chi connectivity index (χ2v) is 8.62. The number of halogens is 4. The molecule has 2 aromatic rings. The molecule has 162 valence electrons. The molecule has 1 heterocycles. The summed E-state index contributed by atoms with van der Waals surface area (Å²) < 4.78 is 85.8. The van der Waals surface area contributed by atoms with Gasteiger partial charge in [0.2, 0.25) is 15.9 Å². The Hall–Kier alpha value is -2.66. The quantitative estimate of drug-likeness (QED) is 0.565. The Labute approximate surface area is 170 Å². The SMILES string of the molecule is COc1ccc(F)cc1S(=O)(=O)N1CCC[C@@H](C(=O)Nc2ccc(F)c(F)c2F)C1. The van der Waals surface area contributed by atoms with E-state index in [0.717, 1.165) is 22.5 Å². The number of rotatable bonds is 5. The highest BCUT2D eigenvalue weighted by atomic mass is 32.2. The van der Waals surface area contributed by atoms with Crippen molar-refractivity contribution in [1.82, 2.24) is 4.31 Å². The normalized spacial score (nSPS) is 17.6. The van der Waals surface area contributed by atoms with Gasteiger partial charge in [-0.15, -0.1) is 0 Å². The van der Waals surface area contributed by atoms with Crippen molar-refractivity contribution in [3.63, 3.8) is 0 Å². The third kappa shape index (κ3) is 4.26. The number of nitrogens with one attached hydrogen (secondary N) is 1. The molecule has 1 N–H and O–H groups in total. The van der Waals surface area contributed by atoms with Crippen LogP contribution in [0.25, 0.3) is 0 Å². The molecule has 3 rings (SSSR count). The number of benzene rings is 2. The van der Waals surface area contributed by atoms with Gasteiger partial charge < -0.3 is 10.1 Å². The van der Waals surface area contributed by atoms with Crippen LogP contribution in [0, 0.1) is 29.2 Å². The van der Waals surface area contributed by atoms with E-state index in [-0.39, 0.29) is 23.7 Å². The van der Waals surface area contributed by atoms with Crippen LogP contribution in [0.3, 0.4) is 0 Å². The van der Waals surface area contributed by atoms with E-state index in [0.29, 0.717) is 18.9 Å². The third-order valence-corrected chi connectivity index (χ3v) is 6.68.